The number of hydrogen-bond donors (Lipinski definition) is 7. The maximum absolute atomic E-state index is 14.2. The van der Waals surface area contributed by atoms with E-state index in [4.69, 9.17) is 48.5 Å². The van der Waals surface area contributed by atoms with Gasteiger partial charge < -0.3 is 73.8 Å². The number of aliphatic hydroxyl groups excluding tert-OH is 6. The first-order valence-corrected chi connectivity index (χ1v) is 22.0. The van der Waals surface area contributed by atoms with Crippen LogP contribution in [0.3, 0.4) is 0 Å². The van der Waals surface area contributed by atoms with Crippen molar-refractivity contribution in [3.8, 4) is 0 Å². The van der Waals surface area contributed by atoms with Gasteiger partial charge >= 0.3 is 5.97 Å². The zero-order valence-electron chi connectivity index (χ0n) is 40.4. The smallest absolute Gasteiger partial charge is 0.311 e. The number of ether oxygens (including phenoxy) is 7. The maximum atomic E-state index is 14.2. The molecule has 0 spiro atoms. The predicted molar refractivity (Wildman–Crippen MR) is 229 cm³/mol. The fourth-order valence-corrected chi connectivity index (χ4v) is 8.58. The van der Waals surface area contributed by atoms with Crippen LogP contribution in [-0.2, 0) is 42.7 Å². The van der Waals surface area contributed by atoms with Crippen molar-refractivity contribution in [3.05, 3.63) is 0 Å². The van der Waals surface area contributed by atoms with Gasteiger partial charge in [-0.3, -0.25) is 9.59 Å². The fraction of sp³-hybridized carbons (Fsp3) is 0.955. The number of aliphatic hydroxyl groups is 7. The van der Waals surface area contributed by atoms with Gasteiger partial charge in [0.25, 0.3) is 0 Å². The van der Waals surface area contributed by atoms with Crippen molar-refractivity contribution in [2.24, 2.45) is 23.7 Å². The zero-order valence-corrected chi connectivity index (χ0v) is 40.4. The molecule has 0 bridgehead atoms. The summed E-state index contributed by atoms with van der Waals surface area (Å²) in [5.41, 5.74) is -4.24. The largest absolute Gasteiger partial charge is 0.459 e. The first-order chi connectivity index (χ1) is 28.2. The van der Waals surface area contributed by atoms with Crippen LogP contribution in [0.25, 0.3) is 0 Å². The van der Waals surface area contributed by atoms with Crippen LogP contribution in [0.2, 0.25) is 0 Å². The lowest BCUT2D eigenvalue weighted by Gasteiger charge is -2.50. The number of Topliss-reactive ketones (excluding diaryl/α,β-unsaturated/α-hetero) is 1. The lowest BCUT2D eigenvalue weighted by molar-refractivity contribution is -0.319. The van der Waals surface area contributed by atoms with E-state index in [1.54, 1.807) is 69.2 Å². The fourth-order valence-electron chi connectivity index (χ4n) is 8.58. The molecule has 0 unspecified atom stereocenters. The number of nitrogens with zero attached hydrogens (tertiary/aromatic N) is 1. The molecule has 0 aromatic carbocycles. The topological polar surface area (TPSA) is 244 Å². The summed E-state index contributed by atoms with van der Waals surface area (Å²) in [5, 5.41) is 68.3. The van der Waals surface area contributed by atoms with E-state index >= 15 is 0 Å². The summed E-state index contributed by atoms with van der Waals surface area (Å²) in [6, 6.07) is -0.283. The molecule has 17 heteroatoms. The highest BCUT2D eigenvalue weighted by molar-refractivity contribution is 5.83. The van der Waals surface area contributed by atoms with Gasteiger partial charge in [-0.15, -0.1) is 0 Å². The molecule has 3 saturated heterocycles. The molecule has 0 amide bonds. The van der Waals surface area contributed by atoms with Crippen LogP contribution in [-0.4, -0.2) is 185 Å². The minimum absolute atomic E-state index is 0.111. The second-order valence-corrected chi connectivity index (χ2v) is 17.6. The van der Waals surface area contributed by atoms with Gasteiger partial charge in [0.15, 0.2) is 12.6 Å². The van der Waals surface area contributed by atoms with Gasteiger partial charge in [0.2, 0.25) is 0 Å². The average molecular weight is 886 g/mol. The Hall–Kier alpha value is -1.42. The van der Waals surface area contributed by atoms with Crippen LogP contribution in [0.15, 0.2) is 0 Å². The standard InChI is InChI=1S/C38H69NO13.3C2H6O/c1-15-26-38(10,45)31(42)21(4)28(40)19(2)17-37(9,47-14)33(52-35-29(41)25(39(11)12)16-20(3)48-35)22(5)30(23(6)34(44)50-26)51-27-18-36(8,46-13)32(43)24(7)49-27;3*1-2-3/h19-27,29-33,35,41-43,45H,15-18H2,1-14H3;3*3H,2H2,1H3/t19-,20-,21+,22+,23-,24+,25+,26-,27+,29-,30+,31-,32+,33-,35+,36-,37-,38-;;;/m1.../s1. The van der Waals surface area contributed by atoms with Crippen molar-refractivity contribution >= 4 is 11.8 Å². The first-order valence-electron chi connectivity index (χ1n) is 22.0. The van der Waals surface area contributed by atoms with Crippen LogP contribution in [0, 0.1) is 23.7 Å². The van der Waals surface area contributed by atoms with E-state index in [0.717, 1.165) is 0 Å². The van der Waals surface area contributed by atoms with E-state index in [2.05, 4.69) is 0 Å². The number of ketones is 1. The van der Waals surface area contributed by atoms with Gasteiger partial charge in [0, 0.05) is 64.3 Å². The normalized spacial score (nSPS) is 42.7. The second-order valence-electron chi connectivity index (χ2n) is 17.6. The van der Waals surface area contributed by atoms with Gasteiger partial charge in [-0.25, -0.2) is 0 Å². The van der Waals surface area contributed by atoms with Crippen molar-refractivity contribution in [2.45, 2.75) is 200 Å². The van der Waals surface area contributed by atoms with E-state index in [1.807, 2.05) is 32.8 Å². The summed E-state index contributed by atoms with van der Waals surface area (Å²) < 4.78 is 43.9. The van der Waals surface area contributed by atoms with Gasteiger partial charge in [-0.1, -0.05) is 27.7 Å². The Morgan fingerprint density at radius 1 is 0.754 bits per heavy atom. The Bertz CT molecular complexity index is 1240. The molecule has 17 nitrogen and oxygen atoms in total. The van der Waals surface area contributed by atoms with Gasteiger partial charge in [0.1, 0.15) is 29.7 Å². The molecule has 3 aliphatic heterocycles. The van der Waals surface area contributed by atoms with Crippen molar-refractivity contribution in [1.82, 2.24) is 4.90 Å². The monoisotopic (exact) mass is 886 g/mol. The molecule has 3 aliphatic rings. The van der Waals surface area contributed by atoms with Crippen LogP contribution in [0.1, 0.15) is 116 Å². The molecule has 0 aromatic rings. The highest BCUT2D eigenvalue weighted by Gasteiger charge is 2.54. The summed E-state index contributed by atoms with van der Waals surface area (Å²) in [6.45, 7) is 22.8. The molecule has 3 rings (SSSR count). The van der Waals surface area contributed by atoms with E-state index in [0.29, 0.717) is 6.42 Å². The Kier molecular flexibility index (Phi) is 26.5. The molecule has 61 heavy (non-hydrogen) atoms. The van der Waals surface area contributed by atoms with E-state index in [9.17, 15) is 30.0 Å². The van der Waals surface area contributed by atoms with E-state index in [-0.39, 0.29) is 57.0 Å². The second kappa shape index (κ2) is 27.1. The Balaban J connectivity index is 0.00000366. The van der Waals surface area contributed by atoms with E-state index < -0.39 is 102 Å². The number of esters is 1. The number of rotatable bonds is 8. The van der Waals surface area contributed by atoms with Crippen LogP contribution < -0.4 is 0 Å². The predicted octanol–water partition coefficient (Wildman–Crippen LogP) is 2.44. The number of likely N-dealkylation sites (N-methyl/N-ethyl adjacent to an activating group) is 1. The number of carbonyl (C=O) groups excluding carboxylic acids is 2. The minimum Gasteiger partial charge on any atom is -0.459 e. The molecule has 364 valence electrons. The minimum atomic E-state index is -1.96. The Morgan fingerprint density at radius 3 is 1.72 bits per heavy atom. The molecule has 3 fully saturated rings. The summed E-state index contributed by atoms with van der Waals surface area (Å²) in [5.74, 6) is -4.47. The number of hydrogen-bond acceptors (Lipinski definition) is 17. The summed E-state index contributed by atoms with van der Waals surface area (Å²) in [7, 11) is 6.77. The molecule has 7 N–H and O–H groups in total. The zero-order chi connectivity index (χ0) is 47.8. The Labute approximate surface area is 366 Å². The molecule has 18 atom stereocenters. The van der Waals surface area contributed by atoms with Crippen LogP contribution in [0.5, 0.6) is 0 Å². The summed E-state index contributed by atoms with van der Waals surface area (Å²) in [6.07, 6.45) is -8.73. The van der Waals surface area contributed by atoms with Crippen LogP contribution >= 0.6 is 0 Å². The van der Waals surface area contributed by atoms with E-state index in [1.165, 1.54) is 21.1 Å². The van der Waals surface area contributed by atoms with Crippen molar-refractivity contribution < 1.29 is 78.5 Å². The molecule has 0 saturated carbocycles. The lowest BCUT2D eigenvalue weighted by Crippen LogP contribution is -2.61. The molecule has 0 aromatic heterocycles. The maximum Gasteiger partial charge on any atom is 0.311 e. The van der Waals surface area contributed by atoms with Crippen LogP contribution in [0.4, 0.5) is 0 Å². The molecular formula is C44H87NO16. The molecule has 3 heterocycles. The highest BCUT2D eigenvalue weighted by atomic mass is 16.7. The van der Waals surface area contributed by atoms with Crippen molar-refractivity contribution in [2.75, 3.05) is 48.1 Å². The summed E-state index contributed by atoms with van der Waals surface area (Å²) >= 11 is 0. The molecule has 0 radical (unpaired) electrons. The molecule has 0 aliphatic carbocycles. The number of cyclic esters (lactones) is 1. The average Bonchev–Trinajstić information content (AvgIpc) is 3.19. The van der Waals surface area contributed by atoms with Gasteiger partial charge in [-0.2, -0.15) is 0 Å². The third-order valence-electron chi connectivity index (χ3n) is 12.3. The van der Waals surface area contributed by atoms with Crippen molar-refractivity contribution in [3.63, 3.8) is 0 Å². The number of methoxy groups -OCH3 is 2. The number of carbonyl (C=O) groups is 2. The highest BCUT2D eigenvalue weighted by Crippen LogP contribution is 2.41. The quantitative estimate of drug-likeness (QED) is 0.173. The Morgan fingerprint density at radius 2 is 1.26 bits per heavy atom. The third kappa shape index (κ3) is 15.9. The van der Waals surface area contributed by atoms with Gasteiger partial charge in [0.05, 0.1) is 47.6 Å². The summed E-state index contributed by atoms with van der Waals surface area (Å²) in [4.78, 5) is 30.1. The van der Waals surface area contributed by atoms with Gasteiger partial charge in [-0.05, 0) is 95.7 Å². The lowest BCUT2D eigenvalue weighted by atomic mass is 9.74. The SMILES string of the molecule is CCO.CCO.CCO.CC[C@H]1OC(=O)[C@H](C)[C@@H](O[C@H]2C[C@@](C)(OC)[C@@H](O)[C@H](C)O2)[C@H](C)[C@@H](O[C@@H]2O[C@H](C)C[C@H](N(C)C)[C@H]2O)[C@](C)(OC)C[C@@H](C)C(=O)[C@H](C)[C@@H](O)[C@]1(C)O. The molecular weight excluding hydrogens is 798 g/mol. The third-order valence-corrected chi connectivity index (χ3v) is 12.3. The van der Waals surface area contributed by atoms with Crippen molar-refractivity contribution in [1.29, 1.82) is 0 Å². The first kappa shape index (κ1) is 59.6.